The Morgan fingerprint density at radius 3 is 1.96 bits per heavy atom. The van der Waals surface area contributed by atoms with Crippen molar-refractivity contribution < 1.29 is 29.6 Å². The maximum atomic E-state index is 15.7. The SMILES string of the molecule is CC(C)=CC[C@H]1C[C@@]23C[C@@H](CC=C(C)C)[C@](C)(O)C[C@]2(O)c2c(oc4cc(O)c(O)cc4c2=O)[C@](CC=C(C)C)(C3=O)C1(C)C. The van der Waals surface area contributed by atoms with Gasteiger partial charge in [0.25, 0.3) is 0 Å². The molecule has 0 amide bonds. The first-order valence-electron chi connectivity index (χ1n) is 16.2. The lowest BCUT2D eigenvalue weighted by atomic mass is 9.34. The van der Waals surface area contributed by atoms with Crippen molar-refractivity contribution in [3.8, 4) is 11.5 Å². The van der Waals surface area contributed by atoms with Crippen LogP contribution in [0.5, 0.6) is 11.5 Å². The summed E-state index contributed by atoms with van der Waals surface area (Å²) in [6.45, 7) is 17.9. The van der Waals surface area contributed by atoms with E-state index in [1.807, 2.05) is 47.6 Å². The first-order chi connectivity index (χ1) is 20.7. The number of aromatic hydroxyl groups is 2. The average molecular weight is 619 g/mol. The summed E-state index contributed by atoms with van der Waals surface area (Å²) in [5.41, 5.74) is -4.10. The van der Waals surface area contributed by atoms with Crippen LogP contribution >= 0.6 is 0 Å². The maximum Gasteiger partial charge on any atom is 0.199 e. The third-order valence-corrected chi connectivity index (χ3v) is 11.6. The molecule has 1 aromatic heterocycles. The molecule has 0 saturated heterocycles. The number of hydrogen-bond donors (Lipinski definition) is 4. The number of ketones is 1. The van der Waals surface area contributed by atoms with Gasteiger partial charge in [-0.1, -0.05) is 48.8 Å². The van der Waals surface area contributed by atoms with Gasteiger partial charge in [0.1, 0.15) is 16.9 Å². The molecule has 1 spiro atoms. The maximum absolute atomic E-state index is 15.7. The zero-order valence-corrected chi connectivity index (χ0v) is 28.3. The van der Waals surface area contributed by atoms with Crippen LogP contribution in [0.3, 0.4) is 0 Å². The number of benzene rings is 1. The number of Topliss-reactive ketones (excluding diaryl/α,β-unsaturated/α-hetero) is 1. The molecule has 7 heteroatoms. The quantitative estimate of drug-likeness (QED) is 0.195. The van der Waals surface area contributed by atoms with Crippen LogP contribution in [0.15, 0.2) is 56.3 Å². The molecule has 0 unspecified atom stereocenters. The lowest BCUT2D eigenvalue weighted by Crippen LogP contribution is -2.75. The molecule has 2 bridgehead atoms. The lowest BCUT2D eigenvalue weighted by molar-refractivity contribution is -0.238. The number of rotatable bonds is 6. The van der Waals surface area contributed by atoms with E-state index in [1.54, 1.807) is 6.92 Å². The van der Waals surface area contributed by atoms with Gasteiger partial charge in [-0.15, -0.1) is 0 Å². The van der Waals surface area contributed by atoms with Crippen LogP contribution in [0.25, 0.3) is 11.0 Å². The van der Waals surface area contributed by atoms with Gasteiger partial charge in [-0.2, -0.15) is 0 Å². The van der Waals surface area contributed by atoms with Gasteiger partial charge in [-0.3, -0.25) is 9.59 Å². The van der Waals surface area contributed by atoms with Crippen molar-refractivity contribution in [3.05, 3.63) is 68.6 Å². The van der Waals surface area contributed by atoms with Crippen LogP contribution < -0.4 is 5.43 Å². The first kappa shape index (κ1) is 33.2. The third kappa shape index (κ3) is 4.67. The van der Waals surface area contributed by atoms with E-state index < -0.39 is 44.4 Å². The van der Waals surface area contributed by atoms with Gasteiger partial charge >= 0.3 is 0 Å². The topological polar surface area (TPSA) is 128 Å². The summed E-state index contributed by atoms with van der Waals surface area (Å²) >= 11 is 0. The monoisotopic (exact) mass is 618 g/mol. The number of phenols is 2. The van der Waals surface area contributed by atoms with Gasteiger partial charge in [0, 0.05) is 12.5 Å². The molecule has 6 atom stereocenters. The summed E-state index contributed by atoms with van der Waals surface area (Å²) in [6, 6.07) is 2.35. The second-order valence-electron chi connectivity index (χ2n) is 15.7. The fourth-order valence-electron chi connectivity index (χ4n) is 8.89. The van der Waals surface area contributed by atoms with Crippen LogP contribution in [0.1, 0.15) is 112 Å². The fourth-order valence-corrected chi connectivity index (χ4v) is 8.89. The van der Waals surface area contributed by atoms with E-state index in [9.17, 15) is 25.2 Å². The first-order valence-corrected chi connectivity index (χ1v) is 16.2. The largest absolute Gasteiger partial charge is 0.504 e. The summed E-state index contributed by atoms with van der Waals surface area (Å²) in [7, 11) is 0. The summed E-state index contributed by atoms with van der Waals surface area (Å²) in [6.07, 6.45) is 8.11. The highest BCUT2D eigenvalue weighted by Gasteiger charge is 2.78. The van der Waals surface area contributed by atoms with Crippen LogP contribution in [-0.4, -0.2) is 31.8 Å². The smallest absolute Gasteiger partial charge is 0.199 e. The second-order valence-corrected chi connectivity index (χ2v) is 15.7. The van der Waals surface area contributed by atoms with Gasteiger partial charge in [-0.05, 0) is 104 Å². The summed E-state index contributed by atoms with van der Waals surface area (Å²) in [4.78, 5) is 30.4. The highest BCUT2D eigenvalue weighted by molar-refractivity contribution is 6.01. The van der Waals surface area contributed by atoms with E-state index in [2.05, 4.69) is 26.0 Å². The van der Waals surface area contributed by atoms with Crippen molar-refractivity contribution in [2.75, 3.05) is 0 Å². The normalized spacial score (nSPS) is 33.2. The van der Waals surface area contributed by atoms with Gasteiger partial charge in [0.05, 0.1) is 27.4 Å². The van der Waals surface area contributed by atoms with E-state index in [0.717, 1.165) is 22.8 Å². The molecule has 1 heterocycles. The van der Waals surface area contributed by atoms with Crippen LogP contribution in [0.2, 0.25) is 0 Å². The number of allylic oxidation sites excluding steroid dienone is 6. The average Bonchev–Trinajstić information content (AvgIpc) is 2.90. The summed E-state index contributed by atoms with van der Waals surface area (Å²) in [5.74, 6) is -1.39. The van der Waals surface area contributed by atoms with Crippen molar-refractivity contribution >= 4 is 16.8 Å². The van der Waals surface area contributed by atoms with E-state index in [4.69, 9.17) is 4.42 Å². The van der Waals surface area contributed by atoms with Crippen molar-refractivity contribution in [2.24, 2.45) is 22.7 Å². The molecule has 244 valence electrons. The molecule has 45 heavy (non-hydrogen) atoms. The third-order valence-electron chi connectivity index (χ3n) is 11.6. The molecule has 2 aromatic rings. The Labute approximate surface area is 266 Å². The molecule has 5 rings (SSSR count). The Balaban J connectivity index is 1.97. The Kier molecular flexibility index (Phi) is 7.90. The Morgan fingerprint density at radius 1 is 0.844 bits per heavy atom. The minimum Gasteiger partial charge on any atom is -0.504 e. The number of phenolic OH excluding ortho intramolecular Hbond substituents is 2. The number of carbonyl (C=O) groups is 1. The van der Waals surface area contributed by atoms with Gasteiger partial charge < -0.3 is 24.8 Å². The minimum absolute atomic E-state index is 0.00242. The number of fused-ring (bicyclic) bond motifs is 5. The van der Waals surface area contributed by atoms with E-state index in [-0.39, 0.29) is 59.2 Å². The van der Waals surface area contributed by atoms with Crippen molar-refractivity contribution in [3.63, 3.8) is 0 Å². The number of hydrogen-bond acceptors (Lipinski definition) is 7. The molecule has 2 saturated carbocycles. The molecular formula is C38H50O7. The Morgan fingerprint density at radius 2 is 1.38 bits per heavy atom. The highest BCUT2D eigenvalue weighted by Crippen LogP contribution is 2.73. The number of carbonyl (C=O) groups excluding carboxylic acids is 1. The van der Waals surface area contributed by atoms with E-state index >= 15 is 4.79 Å². The van der Waals surface area contributed by atoms with Crippen molar-refractivity contribution in [2.45, 2.75) is 117 Å². The predicted molar refractivity (Wildman–Crippen MR) is 176 cm³/mol. The predicted octanol–water partition coefficient (Wildman–Crippen LogP) is 7.47. The molecule has 3 aliphatic rings. The van der Waals surface area contributed by atoms with Crippen molar-refractivity contribution in [1.82, 2.24) is 0 Å². The van der Waals surface area contributed by atoms with Crippen LogP contribution in [0.4, 0.5) is 0 Å². The van der Waals surface area contributed by atoms with Gasteiger partial charge in [0.2, 0.25) is 0 Å². The standard InChI is InChI=1S/C38H50O7/c1-21(2)10-12-24-18-36-19-25(13-11-22(3)4)35(9,43)20-38(36,44)30-31(41)26-16-27(39)28(40)17-29(26)45-32(30)37(33(36)42,34(24,7)8)15-14-23(5)6/h10-11,14,16-17,24-25,39-40,43-44H,12-13,15,18-20H2,1-9H3/t24-,25+,35+,36-,37+,38-/m0/s1. The van der Waals surface area contributed by atoms with E-state index in [0.29, 0.717) is 19.3 Å². The molecule has 2 fully saturated rings. The number of aliphatic hydroxyl groups is 2. The molecule has 4 N–H and O–H groups in total. The zero-order valence-electron chi connectivity index (χ0n) is 28.3. The Bertz CT molecular complexity index is 1700. The van der Waals surface area contributed by atoms with Crippen molar-refractivity contribution in [1.29, 1.82) is 0 Å². The highest BCUT2D eigenvalue weighted by atomic mass is 16.3. The lowest BCUT2D eigenvalue weighted by Gasteiger charge is -2.68. The fraction of sp³-hybridized carbons (Fsp3) is 0.579. The van der Waals surface area contributed by atoms with Crippen LogP contribution in [-0.2, 0) is 15.8 Å². The molecule has 3 aliphatic carbocycles. The van der Waals surface area contributed by atoms with Gasteiger partial charge in [0.15, 0.2) is 22.7 Å². The summed E-state index contributed by atoms with van der Waals surface area (Å²) < 4.78 is 6.60. The molecule has 0 aliphatic heterocycles. The molecule has 0 radical (unpaired) electrons. The van der Waals surface area contributed by atoms with Crippen LogP contribution in [0, 0.1) is 22.7 Å². The molecular weight excluding hydrogens is 568 g/mol. The minimum atomic E-state index is -2.03. The molecule has 1 aromatic carbocycles. The second kappa shape index (κ2) is 10.7. The summed E-state index contributed by atoms with van der Waals surface area (Å²) in [5, 5.41) is 45.9. The Hall–Kier alpha value is -3.16. The van der Waals surface area contributed by atoms with E-state index in [1.165, 1.54) is 6.07 Å². The van der Waals surface area contributed by atoms with Gasteiger partial charge in [-0.25, -0.2) is 0 Å². The zero-order chi connectivity index (χ0) is 33.5. The molecule has 7 nitrogen and oxygen atoms in total.